The van der Waals surface area contributed by atoms with Gasteiger partial charge in [0.15, 0.2) is 0 Å². The molecule has 2 heterocycles. The molecule has 0 aliphatic heterocycles. The first-order chi connectivity index (χ1) is 28.0. The summed E-state index contributed by atoms with van der Waals surface area (Å²) in [7, 11) is 1.21. The fourth-order valence-corrected chi connectivity index (χ4v) is 7.04. The van der Waals surface area contributed by atoms with E-state index < -0.39 is 29.6 Å². The van der Waals surface area contributed by atoms with Gasteiger partial charge in [-0.1, -0.05) is 121 Å². The molecular formula is C45H43N7O5. The van der Waals surface area contributed by atoms with E-state index >= 15 is 0 Å². The van der Waals surface area contributed by atoms with Crippen LogP contribution in [0.3, 0.4) is 0 Å². The lowest BCUT2D eigenvalue weighted by molar-refractivity contribution is -0.142. The zero-order chi connectivity index (χ0) is 39.5. The molecule has 0 aliphatic rings. The van der Waals surface area contributed by atoms with Crippen molar-refractivity contribution in [2.45, 2.75) is 31.2 Å². The first kappa shape index (κ1) is 38.1. The maximum atomic E-state index is 13.1. The normalized spacial score (nSPS) is 11.7. The number of fused-ring (bicyclic) bond motifs is 1. The molecule has 0 spiro atoms. The van der Waals surface area contributed by atoms with Crippen LogP contribution < -0.4 is 16.0 Å². The van der Waals surface area contributed by atoms with E-state index in [-0.39, 0.29) is 13.2 Å². The third kappa shape index (κ3) is 8.55. The number of esters is 1. The topological polar surface area (TPSA) is 141 Å². The van der Waals surface area contributed by atoms with E-state index in [1.807, 2.05) is 71.7 Å². The average molecular weight is 762 g/mol. The summed E-state index contributed by atoms with van der Waals surface area (Å²) in [4.78, 5) is 42.7. The van der Waals surface area contributed by atoms with Crippen molar-refractivity contribution >= 4 is 34.8 Å². The number of carbonyl (C=O) groups excluding carboxylic acids is 3. The van der Waals surface area contributed by atoms with E-state index in [1.165, 1.54) is 7.11 Å². The maximum absolute atomic E-state index is 13.1. The quantitative estimate of drug-likeness (QED) is 0.0557. The lowest BCUT2D eigenvalue weighted by Gasteiger charge is -2.38. The van der Waals surface area contributed by atoms with Crippen LogP contribution in [-0.2, 0) is 33.0 Å². The highest BCUT2D eigenvalue weighted by Crippen LogP contribution is 2.42. The number of carbonyl (C=O) groups is 3. The molecule has 7 rings (SSSR count). The summed E-state index contributed by atoms with van der Waals surface area (Å²) in [5, 5.41) is 14.2. The predicted molar refractivity (Wildman–Crippen MR) is 218 cm³/mol. The maximum Gasteiger partial charge on any atom is 0.408 e. The fraction of sp³-hybridized carbons (Fsp3) is 0.178. The van der Waals surface area contributed by atoms with Crippen molar-refractivity contribution < 1.29 is 23.9 Å². The summed E-state index contributed by atoms with van der Waals surface area (Å²) in [5.74, 6) is -0.401. The van der Waals surface area contributed by atoms with Gasteiger partial charge in [-0.15, -0.1) is 0 Å². The zero-order valence-corrected chi connectivity index (χ0v) is 31.5. The molecule has 288 valence electrons. The summed E-state index contributed by atoms with van der Waals surface area (Å²) in [6.07, 6.45) is 5.52. The highest BCUT2D eigenvalue weighted by Gasteiger charge is 2.39. The Morgan fingerprint density at radius 1 is 0.789 bits per heavy atom. The Kier molecular flexibility index (Phi) is 12.0. The average Bonchev–Trinajstić information content (AvgIpc) is 3.91. The summed E-state index contributed by atoms with van der Waals surface area (Å²) >= 11 is 0. The molecule has 12 heteroatoms. The van der Waals surface area contributed by atoms with Crippen molar-refractivity contribution in [2.24, 2.45) is 0 Å². The van der Waals surface area contributed by atoms with Gasteiger partial charge in [0.05, 0.1) is 18.8 Å². The van der Waals surface area contributed by atoms with Crippen molar-refractivity contribution in [1.82, 2.24) is 30.0 Å². The zero-order valence-electron chi connectivity index (χ0n) is 31.5. The van der Waals surface area contributed by atoms with Crippen LogP contribution >= 0.6 is 0 Å². The van der Waals surface area contributed by atoms with Gasteiger partial charge in [-0.3, -0.25) is 14.0 Å². The van der Waals surface area contributed by atoms with Gasteiger partial charge in [0.2, 0.25) is 5.95 Å². The molecule has 12 nitrogen and oxygen atoms in total. The molecule has 1 unspecified atom stereocenters. The minimum absolute atomic E-state index is 0.0292. The summed E-state index contributed by atoms with van der Waals surface area (Å²) in [5.41, 5.74) is 4.69. The second-order valence-corrected chi connectivity index (χ2v) is 13.3. The van der Waals surface area contributed by atoms with Crippen molar-refractivity contribution in [3.63, 3.8) is 0 Å². The van der Waals surface area contributed by atoms with E-state index in [0.29, 0.717) is 18.7 Å². The molecule has 5 aromatic carbocycles. The minimum atomic E-state index is -1.15. The lowest BCUT2D eigenvalue weighted by atomic mass is 9.76. The number of aromatic nitrogens is 4. The van der Waals surface area contributed by atoms with Gasteiger partial charge in [-0.25, -0.2) is 14.6 Å². The largest absolute Gasteiger partial charge is 0.467 e. The first-order valence-corrected chi connectivity index (χ1v) is 18.7. The number of alkyl carbamates (subject to hydrolysis) is 1. The molecular weight excluding hydrogens is 719 g/mol. The molecule has 0 bridgehead atoms. The number of nitrogens with zero attached hydrogens (tertiary/aromatic N) is 4. The number of hydrogen-bond acceptors (Lipinski definition) is 8. The molecule has 3 N–H and O–H groups in total. The second-order valence-electron chi connectivity index (χ2n) is 13.3. The lowest BCUT2D eigenvalue weighted by Crippen LogP contribution is -2.49. The summed E-state index contributed by atoms with van der Waals surface area (Å²) in [6.45, 7) is 1.08. The molecule has 57 heavy (non-hydrogen) atoms. The molecule has 0 aliphatic carbocycles. The number of anilines is 1. The summed E-state index contributed by atoms with van der Waals surface area (Å²) in [6, 6.07) is 44.7. The number of imidazole rings is 1. The number of aryl methyl sites for hydroxylation is 1. The SMILES string of the molecule is COC(=O)C(CNC(=O)c1ccc2c(cnn2CCCNc2nccn2C(c2ccccc2)(c2ccccc2)c2ccccc2)c1)NC(=O)OCc1ccccc1. The monoisotopic (exact) mass is 761 g/mol. The van der Waals surface area contributed by atoms with E-state index in [4.69, 9.17) is 14.5 Å². The first-order valence-electron chi connectivity index (χ1n) is 18.7. The number of methoxy groups -OCH3 is 1. The van der Waals surface area contributed by atoms with E-state index in [2.05, 4.69) is 98.4 Å². The van der Waals surface area contributed by atoms with Crippen LogP contribution in [0, 0.1) is 0 Å². The Hall–Kier alpha value is -7.21. The van der Waals surface area contributed by atoms with Crippen LogP contribution in [-0.4, -0.2) is 63.5 Å². The third-order valence-corrected chi connectivity index (χ3v) is 9.77. The minimum Gasteiger partial charge on any atom is -0.467 e. The van der Waals surface area contributed by atoms with E-state index in [0.717, 1.165) is 45.5 Å². The van der Waals surface area contributed by atoms with Crippen LogP contribution in [0.25, 0.3) is 10.9 Å². The Morgan fingerprint density at radius 2 is 1.40 bits per heavy atom. The molecule has 7 aromatic rings. The molecule has 0 saturated carbocycles. The standard InChI is InChI=1S/C45H43N7O5/c1-56-42(54)39(50-44(55)57-32-33-15-6-2-7-16-33)31-48-41(53)34-23-24-40-35(29-34)30-49-52(40)27-14-25-46-43-47-26-28-51(43)45(36-17-8-3-9-18-36,37-19-10-4-11-20-37)38-21-12-5-13-22-38/h2-13,15-24,26,28-30,39H,14,25,27,31-32H2,1H3,(H,46,47)(H,48,53)(H,50,55). The number of hydrogen-bond donors (Lipinski definition) is 3. The van der Waals surface area contributed by atoms with Gasteiger partial charge in [0, 0.05) is 43.0 Å². The predicted octanol–water partition coefficient (Wildman–Crippen LogP) is 6.77. The molecule has 2 aromatic heterocycles. The van der Waals surface area contributed by atoms with Gasteiger partial charge in [-0.2, -0.15) is 5.10 Å². The van der Waals surface area contributed by atoms with E-state index in [1.54, 1.807) is 18.3 Å². The van der Waals surface area contributed by atoms with Gasteiger partial charge in [0.1, 0.15) is 18.2 Å². The van der Waals surface area contributed by atoms with Crippen LogP contribution in [0.4, 0.5) is 10.7 Å². The highest BCUT2D eigenvalue weighted by atomic mass is 16.6. The Morgan fingerprint density at radius 3 is 2.02 bits per heavy atom. The van der Waals surface area contributed by atoms with Crippen LogP contribution in [0.5, 0.6) is 0 Å². The van der Waals surface area contributed by atoms with Crippen LogP contribution in [0.15, 0.2) is 158 Å². The van der Waals surface area contributed by atoms with Gasteiger partial charge in [0.25, 0.3) is 5.91 Å². The third-order valence-electron chi connectivity index (χ3n) is 9.77. The van der Waals surface area contributed by atoms with Crippen molar-refractivity contribution in [1.29, 1.82) is 0 Å². The number of rotatable bonds is 16. The molecule has 0 fully saturated rings. The van der Waals surface area contributed by atoms with Gasteiger partial charge in [-0.05, 0) is 46.9 Å². The van der Waals surface area contributed by atoms with Crippen molar-refractivity contribution in [3.05, 3.63) is 186 Å². The van der Waals surface area contributed by atoms with Crippen LogP contribution in [0.2, 0.25) is 0 Å². The molecule has 2 amide bonds. The summed E-state index contributed by atoms with van der Waals surface area (Å²) < 4.78 is 14.2. The molecule has 1 atom stereocenters. The Labute approximate surface area is 330 Å². The Bertz CT molecular complexity index is 2300. The van der Waals surface area contributed by atoms with Crippen molar-refractivity contribution in [2.75, 3.05) is 25.5 Å². The highest BCUT2D eigenvalue weighted by molar-refractivity contribution is 5.98. The number of nitrogens with one attached hydrogen (secondary N) is 3. The van der Waals surface area contributed by atoms with Gasteiger partial charge < -0.3 is 25.4 Å². The molecule has 0 radical (unpaired) electrons. The van der Waals surface area contributed by atoms with Gasteiger partial charge >= 0.3 is 12.1 Å². The van der Waals surface area contributed by atoms with Crippen LogP contribution in [0.1, 0.15) is 39.0 Å². The molecule has 0 saturated heterocycles. The van der Waals surface area contributed by atoms with E-state index in [9.17, 15) is 14.4 Å². The second kappa shape index (κ2) is 17.9. The fourth-order valence-electron chi connectivity index (χ4n) is 7.04. The number of ether oxygens (including phenoxy) is 2. The smallest absolute Gasteiger partial charge is 0.408 e. The Balaban J connectivity index is 0.993. The number of benzene rings is 5. The van der Waals surface area contributed by atoms with Crippen molar-refractivity contribution in [3.8, 4) is 0 Å². The number of amides is 2.